The summed E-state index contributed by atoms with van der Waals surface area (Å²) < 4.78 is 5.12. The van der Waals surface area contributed by atoms with Crippen LogP contribution >= 0.6 is 0 Å². The van der Waals surface area contributed by atoms with Gasteiger partial charge in [-0.05, 0) is 37.0 Å². The summed E-state index contributed by atoms with van der Waals surface area (Å²) in [6, 6.07) is 13.4. The number of carbonyl (C=O) groups excluding carboxylic acids is 2. The minimum Gasteiger partial charge on any atom is -0.459 e. The van der Waals surface area contributed by atoms with Gasteiger partial charge in [0.1, 0.15) is 6.04 Å². The van der Waals surface area contributed by atoms with Crippen molar-refractivity contribution in [3.63, 3.8) is 0 Å². The summed E-state index contributed by atoms with van der Waals surface area (Å²) in [6.07, 6.45) is 2.35. The van der Waals surface area contributed by atoms with E-state index in [2.05, 4.69) is 46.7 Å². The fourth-order valence-electron chi connectivity index (χ4n) is 3.65. The Morgan fingerprint density at radius 3 is 2.50 bits per heavy atom. The summed E-state index contributed by atoms with van der Waals surface area (Å²) in [5.41, 5.74) is 1.28. The van der Waals surface area contributed by atoms with Crippen molar-refractivity contribution in [2.24, 2.45) is 5.92 Å². The van der Waals surface area contributed by atoms with Gasteiger partial charge in [0.25, 0.3) is 5.91 Å². The van der Waals surface area contributed by atoms with E-state index < -0.39 is 6.04 Å². The third-order valence-electron chi connectivity index (χ3n) is 5.38. The van der Waals surface area contributed by atoms with Crippen LogP contribution in [0, 0.1) is 5.92 Å². The molecule has 1 saturated heterocycles. The van der Waals surface area contributed by atoms with Gasteiger partial charge in [0.05, 0.1) is 6.26 Å². The molecule has 0 spiro atoms. The third kappa shape index (κ3) is 4.81. The number of hydrogen-bond donors (Lipinski definition) is 2. The second-order valence-electron chi connectivity index (χ2n) is 7.75. The van der Waals surface area contributed by atoms with E-state index in [0.717, 1.165) is 19.5 Å². The van der Waals surface area contributed by atoms with E-state index in [1.165, 1.54) is 11.8 Å². The topological polar surface area (TPSA) is 74.6 Å². The number of benzene rings is 1. The molecule has 6 nitrogen and oxygen atoms in total. The summed E-state index contributed by atoms with van der Waals surface area (Å²) >= 11 is 0. The molecule has 0 bridgehead atoms. The van der Waals surface area contributed by atoms with Crippen molar-refractivity contribution < 1.29 is 14.0 Å². The summed E-state index contributed by atoms with van der Waals surface area (Å²) in [5.74, 6) is -0.333. The lowest BCUT2D eigenvalue weighted by Crippen LogP contribution is -2.52. The van der Waals surface area contributed by atoms with Crippen LogP contribution in [-0.2, 0) is 4.79 Å². The van der Waals surface area contributed by atoms with E-state index in [4.69, 9.17) is 4.42 Å². The van der Waals surface area contributed by atoms with Gasteiger partial charge in [0.15, 0.2) is 5.76 Å². The Morgan fingerprint density at radius 2 is 1.86 bits per heavy atom. The first kappa shape index (κ1) is 20.1. The predicted octanol–water partition coefficient (Wildman–Crippen LogP) is 2.99. The first-order chi connectivity index (χ1) is 13.5. The van der Waals surface area contributed by atoms with E-state index in [1.54, 1.807) is 12.1 Å². The van der Waals surface area contributed by atoms with Crippen LogP contribution in [0.5, 0.6) is 0 Å². The van der Waals surface area contributed by atoms with Crippen molar-refractivity contribution in [2.45, 2.75) is 45.3 Å². The van der Waals surface area contributed by atoms with Crippen molar-refractivity contribution in [2.75, 3.05) is 13.1 Å². The van der Waals surface area contributed by atoms with Crippen LogP contribution in [0.2, 0.25) is 0 Å². The molecule has 1 aliphatic heterocycles. The number of likely N-dealkylation sites (tertiary alicyclic amines) is 1. The maximum absolute atomic E-state index is 12.8. The van der Waals surface area contributed by atoms with Crippen LogP contribution in [-0.4, -0.2) is 41.9 Å². The van der Waals surface area contributed by atoms with Crippen molar-refractivity contribution in [3.05, 3.63) is 60.1 Å². The Morgan fingerprint density at radius 1 is 1.11 bits per heavy atom. The van der Waals surface area contributed by atoms with Gasteiger partial charge in [-0.3, -0.25) is 14.5 Å². The van der Waals surface area contributed by atoms with E-state index >= 15 is 0 Å². The molecule has 3 atom stereocenters. The number of amides is 2. The van der Waals surface area contributed by atoms with E-state index in [9.17, 15) is 9.59 Å². The highest BCUT2D eigenvalue weighted by Gasteiger charge is 2.31. The number of rotatable bonds is 7. The molecule has 1 aromatic heterocycles. The molecule has 0 aliphatic carbocycles. The molecule has 3 unspecified atom stereocenters. The molecular weight excluding hydrogens is 354 g/mol. The lowest BCUT2D eigenvalue weighted by molar-refractivity contribution is -0.124. The Labute approximate surface area is 166 Å². The fourth-order valence-corrected chi connectivity index (χ4v) is 3.65. The molecule has 0 saturated carbocycles. The number of furan rings is 1. The molecule has 3 rings (SSSR count). The highest BCUT2D eigenvalue weighted by atomic mass is 16.3. The van der Waals surface area contributed by atoms with E-state index in [1.807, 2.05) is 19.9 Å². The average molecular weight is 383 g/mol. The molecule has 2 N–H and O–H groups in total. The number of carbonyl (C=O) groups is 2. The van der Waals surface area contributed by atoms with Gasteiger partial charge < -0.3 is 15.1 Å². The zero-order chi connectivity index (χ0) is 20.1. The van der Waals surface area contributed by atoms with Gasteiger partial charge in [0.2, 0.25) is 5.91 Å². The minimum atomic E-state index is -0.599. The standard InChI is InChI=1S/C22H29N3O3/c1-15(2)20(24-21(26)19-10-7-13-28-19)22(27)23-18-11-12-25(14-18)16(3)17-8-5-4-6-9-17/h4-10,13,15-16,18,20H,11-12,14H2,1-3H3,(H,23,27)(H,24,26). The molecule has 1 aromatic carbocycles. The third-order valence-corrected chi connectivity index (χ3v) is 5.38. The molecule has 1 fully saturated rings. The monoisotopic (exact) mass is 383 g/mol. The van der Waals surface area contributed by atoms with E-state index in [0.29, 0.717) is 6.04 Å². The van der Waals surface area contributed by atoms with Gasteiger partial charge >= 0.3 is 0 Å². The van der Waals surface area contributed by atoms with Gasteiger partial charge in [-0.2, -0.15) is 0 Å². The fraction of sp³-hybridized carbons (Fsp3) is 0.455. The molecule has 2 aromatic rings. The van der Waals surface area contributed by atoms with Crippen LogP contribution in [0.25, 0.3) is 0 Å². The predicted molar refractivity (Wildman–Crippen MR) is 108 cm³/mol. The van der Waals surface area contributed by atoms with Gasteiger partial charge in [-0.15, -0.1) is 0 Å². The average Bonchev–Trinajstić information content (AvgIpc) is 3.38. The SMILES string of the molecule is CC(C)C(NC(=O)c1ccco1)C(=O)NC1CCN(C(C)c2ccccc2)C1. The van der Waals surface area contributed by atoms with Gasteiger partial charge in [-0.1, -0.05) is 44.2 Å². The molecule has 0 radical (unpaired) electrons. The highest BCUT2D eigenvalue weighted by molar-refractivity contribution is 5.95. The van der Waals surface area contributed by atoms with Gasteiger partial charge in [0, 0.05) is 25.2 Å². The van der Waals surface area contributed by atoms with Crippen molar-refractivity contribution in [1.82, 2.24) is 15.5 Å². The number of hydrogen-bond acceptors (Lipinski definition) is 4. The highest BCUT2D eigenvalue weighted by Crippen LogP contribution is 2.24. The quantitative estimate of drug-likeness (QED) is 0.771. The lowest BCUT2D eigenvalue weighted by atomic mass is 10.0. The van der Waals surface area contributed by atoms with Crippen molar-refractivity contribution in [3.8, 4) is 0 Å². The first-order valence-corrected chi connectivity index (χ1v) is 9.89. The molecular formula is C22H29N3O3. The Hall–Kier alpha value is -2.60. The van der Waals surface area contributed by atoms with Crippen LogP contribution in [0.1, 0.15) is 49.4 Å². The largest absolute Gasteiger partial charge is 0.459 e. The maximum atomic E-state index is 12.8. The van der Waals surface area contributed by atoms with Crippen LogP contribution in [0.4, 0.5) is 0 Å². The van der Waals surface area contributed by atoms with Crippen molar-refractivity contribution in [1.29, 1.82) is 0 Å². The summed E-state index contributed by atoms with van der Waals surface area (Å²) in [5, 5.41) is 5.92. The summed E-state index contributed by atoms with van der Waals surface area (Å²) in [4.78, 5) is 27.5. The Bertz CT molecular complexity index is 774. The van der Waals surface area contributed by atoms with Crippen LogP contribution in [0.15, 0.2) is 53.1 Å². The minimum absolute atomic E-state index is 0.0281. The van der Waals surface area contributed by atoms with Crippen LogP contribution in [0.3, 0.4) is 0 Å². The molecule has 28 heavy (non-hydrogen) atoms. The van der Waals surface area contributed by atoms with Crippen LogP contribution < -0.4 is 10.6 Å². The summed E-state index contributed by atoms with van der Waals surface area (Å²) in [7, 11) is 0. The first-order valence-electron chi connectivity index (χ1n) is 9.89. The van der Waals surface area contributed by atoms with Gasteiger partial charge in [-0.25, -0.2) is 0 Å². The zero-order valence-electron chi connectivity index (χ0n) is 16.7. The number of nitrogens with zero attached hydrogens (tertiary/aromatic N) is 1. The summed E-state index contributed by atoms with van der Waals surface area (Å²) in [6.45, 7) is 7.78. The number of nitrogens with one attached hydrogen (secondary N) is 2. The molecule has 6 heteroatoms. The molecule has 150 valence electrons. The second kappa shape index (κ2) is 9.06. The molecule has 2 amide bonds. The van der Waals surface area contributed by atoms with E-state index in [-0.39, 0.29) is 29.5 Å². The van der Waals surface area contributed by atoms with Crippen molar-refractivity contribution >= 4 is 11.8 Å². The smallest absolute Gasteiger partial charge is 0.287 e. The molecule has 2 heterocycles. The second-order valence-corrected chi connectivity index (χ2v) is 7.75. The maximum Gasteiger partial charge on any atom is 0.287 e. The zero-order valence-corrected chi connectivity index (χ0v) is 16.7. The lowest BCUT2D eigenvalue weighted by Gasteiger charge is -2.26. The Balaban J connectivity index is 1.56. The molecule has 1 aliphatic rings. The normalized spacial score (nSPS) is 19.4. The Kier molecular flexibility index (Phi) is 6.52.